The largest absolute Gasteiger partial charge is 0.383 e. The van der Waals surface area contributed by atoms with E-state index in [1.165, 1.54) is 0 Å². The van der Waals surface area contributed by atoms with Crippen LogP contribution in [0.25, 0.3) is 0 Å². The van der Waals surface area contributed by atoms with Crippen LogP contribution < -0.4 is 0 Å². The second-order valence-corrected chi connectivity index (χ2v) is 6.75. The molecule has 1 N–H and O–H groups in total. The number of carbonyl (C=O) groups excluding carboxylic acids is 1. The van der Waals surface area contributed by atoms with E-state index in [2.05, 4.69) is 10.2 Å². The van der Waals surface area contributed by atoms with E-state index in [0.29, 0.717) is 18.5 Å². The summed E-state index contributed by atoms with van der Waals surface area (Å²) >= 11 is 0. The average molecular weight is 315 g/mol. The molecule has 2 bridgehead atoms. The number of fused-ring (bicyclic) bond motifs is 2. The van der Waals surface area contributed by atoms with Crippen LogP contribution in [0.1, 0.15) is 41.9 Å². The predicted molar refractivity (Wildman–Crippen MR) is 82.5 cm³/mol. The smallest absolute Gasteiger partial charge is 0.274 e. The van der Waals surface area contributed by atoms with Gasteiger partial charge in [0.25, 0.3) is 5.91 Å². The van der Waals surface area contributed by atoms with Gasteiger partial charge in [0, 0.05) is 51.4 Å². The molecule has 2 aromatic heterocycles. The topological polar surface area (TPSA) is 76.2 Å². The normalized spacial score (nSPS) is 30.0. The fourth-order valence-electron chi connectivity index (χ4n) is 4.26. The van der Waals surface area contributed by atoms with Gasteiger partial charge in [-0.15, -0.1) is 0 Å². The molecule has 2 atom stereocenters. The summed E-state index contributed by atoms with van der Waals surface area (Å²) in [5, 5.41) is 19.6. The molecule has 122 valence electrons. The molecule has 7 nitrogen and oxygen atoms in total. The van der Waals surface area contributed by atoms with Crippen LogP contribution in [0, 0.1) is 0 Å². The lowest BCUT2D eigenvalue weighted by Crippen LogP contribution is -2.52. The molecule has 0 spiro atoms. The van der Waals surface area contributed by atoms with Crippen molar-refractivity contribution in [1.82, 2.24) is 24.5 Å². The number of aromatic nitrogens is 4. The number of carbonyl (C=O) groups is 1. The summed E-state index contributed by atoms with van der Waals surface area (Å²) in [5.74, 6) is -0.0230. The molecule has 0 unspecified atom stereocenters. The summed E-state index contributed by atoms with van der Waals surface area (Å²) in [5.41, 5.74) is 0.410. The first kappa shape index (κ1) is 14.4. The maximum atomic E-state index is 12.8. The van der Waals surface area contributed by atoms with Gasteiger partial charge in [-0.25, -0.2) is 0 Å². The van der Waals surface area contributed by atoms with Crippen molar-refractivity contribution in [1.29, 1.82) is 0 Å². The minimum Gasteiger partial charge on any atom is -0.383 e. The molecule has 2 saturated heterocycles. The first-order valence-electron chi connectivity index (χ1n) is 8.01. The third-order valence-corrected chi connectivity index (χ3v) is 5.23. The molecule has 2 fully saturated rings. The standard InChI is InChI=1S/C16H21N5O2/c1-19-8-6-13(18-19)15(22)21-11-3-4-12(21)10-16(23,9-11)14-5-7-17-20(14)2/h5-8,11-12,23H,3-4,9-10H2,1-2H3/t11-,12-/m1/s1. The minimum absolute atomic E-state index is 0.0230. The molecule has 1 amide bonds. The Balaban J connectivity index is 1.61. The van der Waals surface area contributed by atoms with E-state index in [9.17, 15) is 9.90 Å². The molecular formula is C16H21N5O2. The maximum absolute atomic E-state index is 12.8. The van der Waals surface area contributed by atoms with Crippen molar-refractivity contribution in [3.05, 3.63) is 35.9 Å². The van der Waals surface area contributed by atoms with Crippen molar-refractivity contribution >= 4 is 5.91 Å². The summed E-state index contributed by atoms with van der Waals surface area (Å²) in [6.45, 7) is 0. The Bertz CT molecular complexity index is 735. The molecular weight excluding hydrogens is 294 g/mol. The second-order valence-electron chi connectivity index (χ2n) is 6.75. The zero-order chi connectivity index (χ0) is 16.2. The summed E-state index contributed by atoms with van der Waals surface area (Å²) in [4.78, 5) is 14.7. The predicted octanol–water partition coefficient (Wildman–Crippen LogP) is 0.808. The van der Waals surface area contributed by atoms with Crippen LogP contribution in [0.15, 0.2) is 24.5 Å². The van der Waals surface area contributed by atoms with Gasteiger partial charge >= 0.3 is 0 Å². The Morgan fingerprint density at radius 1 is 1.26 bits per heavy atom. The highest BCUT2D eigenvalue weighted by atomic mass is 16.3. The van der Waals surface area contributed by atoms with E-state index in [1.807, 2.05) is 25.1 Å². The fraction of sp³-hybridized carbons (Fsp3) is 0.562. The van der Waals surface area contributed by atoms with Gasteiger partial charge in [-0.1, -0.05) is 0 Å². The Morgan fingerprint density at radius 2 is 1.96 bits per heavy atom. The number of amides is 1. The molecule has 0 aromatic carbocycles. The Hall–Kier alpha value is -2.15. The number of nitrogens with zero attached hydrogens (tertiary/aromatic N) is 5. The van der Waals surface area contributed by atoms with Crippen molar-refractivity contribution in [3.63, 3.8) is 0 Å². The molecule has 2 aromatic rings. The highest BCUT2D eigenvalue weighted by Gasteiger charge is 2.51. The van der Waals surface area contributed by atoms with Crippen LogP contribution in [0.2, 0.25) is 0 Å². The lowest BCUT2D eigenvalue weighted by atomic mass is 9.83. The quantitative estimate of drug-likeness (QED) is 0.890. The van der Waals surface area contributed by atoms with E-state index in [1.54, 1.807) is 27.8 Å². The number of piperidine rings is 1. The molecule has 2 aliphatic rings. The molecule has 23 heavy (non-hydrogen) atoms. The highest BCUT2D eigenvalue weighted by molar-refractivity contribution is 5.93. The van der Waals surface area contributed by atoms with Crippen molar-refractivity contribution in [2.45, 2.75) is 43.4 Å². The lowest BCUT2D eigenvalue weighted by molar-refractivity contribution is -0.0532. The van der Waals surface area contributed by atoms with Gasteiger partial charge < -0.3 is 10.0 Å². The number of rotatable bonds is 2. The van der Waals surface area contributed by atoms with Gasteiger partial charge in [0.05, 0.1) is 5.69 Å². The second kappa shape index (κ2) is 4.92. The Kier molecular flexibility index (Phi) is 3.09. The average Bonchev–Trinajstić information content (AvgIpc) is 3.18. The van der Waals surface area contributed by atoms with Gasteiger partial charge in [0.1, 0.15) is 11.3 Å². The SMILES string of the molecule is Cn1ccc(C(=O)N2[C@@H]3CC[C@@H]2CC(O)(c2ccnn2C)C3)n1. The zero-order valence-corrected chi connectivity index (χ0v) is 13.4. The van der Waals surface area contributed by atoms with Crippen LogP contribution in [0.5, 0.6) is 0 Å². The van der Waals surface area contributed by atoms with E-state index in [0.717, 1.165) is 18.5 Å². The number of hydrogen-bond donors (Lipinski definition) is 1. The Morgan fingerprint density at radius 3 is 2.48 bits per heavy atom. The molecule has 0 radical (unpaired) electrons. The molecule has 4 heterocycles. The van der Waals surface area contributed by atoms with E-state index < -0.39 is 5.60 Å². The molecule has 0 aliphatic carbocycles. The third-order valence-electron chi connectivity index (χ3n) is 5.23. The van der Waals surface area contributed by atoms with Crippen LogP contribution in [-0.4, -0.2) is 47.6 Å². The highest BCUT2D eigenvalue weighted by Crippen LogP contribution is 2.45. The van der Waals surface area contributed by atoms with Crippen molar-refractivity contribution < 1.29 is 9.90 Å². The third kappa shape index (κ3) is 2.18. The van der Waals surface area contributed by atoms with Crippen molar-refractivity contribution in [3.8, 4) is 0 Å². The van der Waals surface area contributed by atoms with E-state index >= 15 is 0 Å². The van der Waals surface area contributed by atoms with Crippen molar-refractivity contribution in [2.75, 3.05) is 0 Å². The summed E-state index contributed by atoms with van der Waals surface area (Å²) in [6, 6.07) is 3.74. The molecule has 2 aliphatic heterocycles. The fourth-order valence-corrected chi connectivity index (χ4v) is 4.26. The molecule has 4 rings (SSSR count). The number of hydrogen-bond acceptors (Lipinski definition) is 4. The van der Waals surface area contributed by atoms with Crippen LogP contribution in [0.4, 0.5) is 0 Å². The summed E-state index contributed by atoms with van der Waals surface area (Å²) in [6.07, 6.45) is 6.47. The van der Waals surface area contributed by atoms with Crippen LogP contribution >= 0.6 is 0 Å². The molecule has 7 heteroatoms. The van der Waals surface area contributed by atoms with E-state index in [-0.39, 0.29) is 18.0 Å². The van der Waals surface area contributed by atoms with Gasteiger partial charge in [-0.2, -0.15) is 10.2 Å². The van der Waals surface area contributed by atoms with Gasteiger partial charge in [-0.05, 0) is 25.0 Å². The van der Waals surface area contributed by atoms with E-state index in [4.69, 9.17) is 0 Å². The number of aryl methyl sites for hydroxylation is 2. The maximum Gasteiger partial charge on any atom is 0.274 e. The summed E-state index contributed by atoms with van der Waals surface area (Å²) in [7, 11) is 3.66. The summed E-state index contributed by atoms with van der Waals surface area (Å²) < 4.78 is 3.38. The van der Waals surface area contributed by atoms with Crippen LogP contribution in [0.3, 0.4) is 0 Å². The number of aliphatic hydroxyl groups is 1. The minimum atomic E-state index is -0.905. The molecule has 0 saturated carbocycles. The van der Waals surface area contributed by atoms with Gasteiger partial charge in [0.15, 0.2) is 0 Å². The monoisotopic (exact) mass is 315 g/mol. The van der Waals surface area contributed by atoms with Gasteiger partial charge in [-0.3, -0.25) is 14.2 Å². The first-order chi connectivity index (χ1) is 11.0. The lowest BCUT2D eigenvalue weighted by Gasteiger charge is -2.43. The van der Waals surface area contributed by atoms with Crippen LogP contribution in [-0.2, 0) is 19.7 Å². The zero-order valence-electron chi connectivity index (χ0n) is 13.4. The van der Waals surface area contributed by atoms with Crippen molar-refractivity contribution in [2.24, 2.45) is 14.1 Å². The van der Waals surface area contributed by atoms with Gasteiger partial charge in [0.2, 0.25) is 0 Å². The Labute approximate surface area is 134 Å². The first-order valence-corrected chi connectivity index (χ1v) is 8.01.